The van der Waals surface area contributed by atoms with Crippen molar-refractivity contribution in [2.45, 2.75) is 96.8 Å². The average Bonchev–Trinajstić information content (AvgIpc) is 2.76. The van der Waals surface area contributed by atoms with Gasteiger partial charge in [0.25, 0.3) is 0 Å². The SMILES string of the molecule is CCCC1CCC(C2CCC(C3CCc4c(cc(F)c(OC(F)(F)F)c4F)C3)CC2)CC1. The van der Waals surface area contributed by atoms with Gasteiger partial charge in [-0.2, -0.15) is 0 Å². The molecule has 2 fully saturated rings. The predicted octanol–water partition coefficient (Wildman–Crippen LogP) is 8.38. The van der Waals surface area contributed by atoms with Crippen molar-refractivity contribution in [3.63, 3.8) is 0 Å². The Morgan fingerprint density at radius 3 is 1.97 bits per heavy atom. The normalized spacial score (nSPS) is 31.2. The van der Waals surface area contributed by atoms with E-state index in [4.69, 9.17) is 0 Å². The summed E-state index contributed by atoms with van der Waals surface area (Å²) in [7, 11) is 0. The van der Waals surface area contributed by atoms with Gasteiger partial charge >= 0.3 is 6.36 Å². The van der Waals surface area contributed by atoms with Gasteiger partial charge in [-0.3, -0.25) is 0 Å². The summed E-state index contributed by atoms with van der Waals surface area (Å²) in [6.07, 6.45) is 9.53. The van der Waals surface area contributed by atoms with Gasteiger partial charge < -0.3 is 4.74 Å². The third kappa shape index (κ3) is 5.41. The molecule has 2 saturated carbocycles. The first-order valence-corrected chi connectivity index (χ1v) is 12.5. The minimum absolute atomic E-state index is 0.194. The van der Waals surface area contributed by atoms with Crippen LogP contribution in [0.5, 0.6) is 5.75 Å². The summed E-state index contributed by atoms with van der Waals surface area (Å²) in [5, 5.41) is 0. The van der Waals surface area contributed by atoms with Crippen molar-refractivity contribution in [3.05, 3.63) is 28.8 Å². The first kappa shape index (κ1) is 23.8. The molecule has 0 aliphatic heterocycles. The molecule has 0 saturated heterocycles. The van der Waals surface area contributed by atoms with Crippen molar-refractivity contribution in [3.8, 4) is 5.75 Å². The van der Waals surface area contributed by atoms with E-state index >= 15 is 0 Å². The van der Waals surface area contributed by atoms with Gasteiger partial charge in [0.15, 0.2) is 11.6 Å². The van der Waals surface area contributed by atoms with Gasteiger partial charge in [-0.15, -0.1) is 13.2 Å². The number of benzene rings is 1. The molecule has 32 heavy (non-hydrogen) atoms. The fourth-order valence-electron chi connectivity index (χ4n) is 6.91. The van der Waals surface area contributed by atoms with E-state index in [1.165, 1.54) is 64.2 Å². The van der Waals surface area contributed by atoms with Gasteiger partial charge in [0.2, 0.25) is 5.75 Å². The third-order valence-corrected chi connectivity index (χ3v) is 8.57. The van der Waals surface area contributed by atoms with E-state index in [1.807, 2.05) is 0 Å². The van der Waals surface area contributed by atoms with Crippen LogP contribution in [0.2, 0.25) is 0 Å². The number of rotatable bonds is 5. The molecular weight excluding hydrogens is 423 g/mol. The summed E-state index contributed by atoms with van der Waals surface area (Å²) >= 11 is 0. The van der Waals surface area contributed by atoms with Crippen molar-refractivity contribution in [1.29, 1.82) is 0 Å². The number of halogens is 5. The third-order valence-electron chi connectivity index (χ3n) is 8.57. The highest BCUT2D eigenvalue weighted by atomic mass is 19.4. The van der Waals surface area contributed by atoms with E-state index in [2.05, 4.69) is 11.7 Å². The van der Waals surface area contributed by atoms with Crippen molar-refractivity contribution in [2.24, 2.45) is 29.6 Å². The molecule has 0 N–H and O–H groups in total. The number of ether oxygens (including phenoxy) is 1. The van der Waals surface area contributed by atoms with Crippen LogP contribution in [0.25, 0.3) is 0 Å². The Balaban J connectivity index is 1.33. The van der Waals surface area contributed by atoms with Crippen molar-refractivity contribution >= 4 is 0 Å². The second-order valence-electron chi connectivity index (χ2n) is 10.4. The molecular formula is C26H35F5O. The fourth-order valence-corrected chi connectivity index (χ4v) is 6.91. The maximum Gasteiger partial charge on any atom is 0.573 e. The minimum Gasteiger partial charge on any atom is -0.399 e. The standard InChI is InChI=1S/C26H35F5O/c1-2-3-16-4-6-17(7-5-16)18-8-10-19(11-9-18)20-12-13-22-21(14-20)15-23(27)25(24(22)28)32-26(29,30)31/h15-20H,2-14H2,1H3. The molecule has 0 amide bonds. The molecule has 3 aliphatic carbocycles. The van der Waals surface area contributed by atoms with Crippen LogP contribution in [0.1, 0.15) is 88.7 Å². The van der Waals surface area contributed by atoms with Crippen LogP contribution in [0.3, 0.4) is 0 Å². The number of alkyl halides is 3. The van der Waals surface area contributed by atoms with Crippen LogP contribution in [-0.2, 0) is 12.8 Å². The quantitative estimate of drug-likeness (QED) is 0.403. The van der Waals surface area contributed by atoms with Crippen molar-refractivity contribution in [1.82, 2.24) is 0 Å². The van der Waals surface area contributed by atoms with E-state index in [9.17, 15) is 22.0 Å². The summed E-state index contributed by atoms with van der Waals surface area (Å²) < 4.78 is 69.9. The molecule has 6 heteroatoms. The monoisotopic (exact) mass is 458 g/mol. The lowest BCUT2D eigenvalue weighted by molar-refractivity contribution is -0.276. The molecule has 4 rings (SSSR count). The zero-order valence-corrected chi connectivity index (χ0v) is 19.0. The average molecular weight is 459 g/mol. The van der Waals surface area contributed by atoms with Crippen LogP contribution in [0, 0.1) is 41.2 Å². The van der Waals surface area contributed by atoms with Crippen molar-refractivity contribution in [2.75, 3.05) is 0 Å². The van der Waals surface area contributed by atoms with E-state index in [-0.39, 0.29) is 5.56 Å². The van der Waals surface area contributed by atoms with Gasteiger partial charge in [0, 0.05) is 0 Å². The summed E-state index contributed by atoms with van der Waals surface area (Å²) in [5.74, 6) is -0.237. The Morgan fingerprint density at radius 1 is 0.844 bits per heavy atom. The Labute approximate surface area is 188 Å². The Kier molecular flexibility index (Phi) is 7.36. The van der Waals surface area contributed by atoms with E-state index in [0.29, 0.717) is 30.2 Å². The lowest BCUT2D eigenvalue weighted by Crippen LogP contribution is -2.30. The van der Waals surface area contributed by atoms with Gasteiger partial charge in [0.05, 0.1) is 0 Å². The molecule has 1 unspecified atom stereocenters. The summed E-state index contributed by atoms with van der Waals surface area (Å²) in [5.41, 5.74) is 0.710. The first-order valence-electron chi connectivity index (χ1n) is 12.5. The second kappa shape index (κ2) is 9.89. The summed E-state index contributed by atoms with van der Waals surface area (Å²) in [6, 6.07) is 1.06. The van der Waals surface area contributed by atoms with Gasteiger partial charge in [-0.1, -0.05) is 32.6 Å². The lowest BCUT2D eigenvalue weighted by atomic mass is 9.65. The molecule has 1 atom stereocenters. The molecule has 0 spiro atoms. The molecule has 1 aromatic rings. The van der Waals surface area contributed by atoms with E-state index in [1.54, 1.807) is 0 Å². The maximum absolute atomic E-state index is 14.6. The maximum atomic E-state index is 14.6. The van der Waals surface area contributed by atoms with Crippen LogP contribution >= 0.6 is 0 Å². The molecule has 0 bridgehead atoms. The Morgan fingerprint density at radius 2 is 1.41 bits per heavy atom. The molecule has 3 aliphatic rings. The highest BCUT2D eigenvalue weighted by molar-refractivity contribution is 5.41. The highest BCUT2D eigenvalue weighted by Crippen LogP contribution is 2.46. The van der Waals surface area contributed by atoms with Crippen molar-refractivity contribution < 1.29 is 26.7 Å². The molecule has 0 aromatic heterocycles. The predicted molar refractivity (Wildman–Crippen MR) is 114 cm³/mol. The van der Waals surface area contributed by atoms with E-state index in [0.717, 1.165) is 30.2 Å². The largest absolute Gasteiger partial charge is 0.573 e. The number of hydrogen-bond acceptors (Lipinski definition) is 1. The zero-order valence-electron chi connectivity index (χ0n) is 19.0. The lowest BCUT2D eigenvalue weighted by Gasteiger charge is -2.41. The smallest absolute Gasteiger partial charge is 0.399 e. The highest BCUT2D eigenvalue weighted by Gasteiger charge is 2.38. The molecule has 0 radical (unpaired) electrons. The number of fused-ring (bicyclic) bond motifs is 1. The van der Waals surface area contributed by atoms with Crippen LogP contribution in [-0.4, -0.2) is 6.36 Å². The molecule has 0 heterocycles. The van der Waals surface area contributed by atoms with Gasteiger partial charge in [-0.05, 0) is 105 Å². The summed E-state index contributed by atoms with van der Waals surface area (Å²) in [4.78, 5) is 0. The molecule has 1 aromatic carbocycles. The first-order chi connectivity index (χ1) is 15.2. The second-order valence-corrected chi connectivity index (χ2v) is 10.4. The molecule has 180 valence electrons. The van der Waals surface area contributed by atoms with Crippen LogP contribution in [0.15, 0.2) is 6.07 Å². The van der Waals surface area contributed by atoms with E-state index < -0.39 is 23.7 Å². The van der Waals surface area contributed by atoms with Gasteiger partial charge in [-0.25, -0.2) is 8.78 Å². The Hall–Kier alpha value is -1.33. The topological polar surface area (TPSA) is 9.23 Å². The summed E-state index contributed by atoms with van der Waals surface area (Å²) in [6.45, 7) is 2.27. The van der Waals surface area contributed by atoms with Crippen LogP contribution < -0.4 is 4.74 Å². The van der Waals surface area contributed by atoms with Gasteiger partial charge in [0.1, 0.15) is 0 Å². The fraction of sp³-hybridized carbons (Fsp3) is 0.769. The zero-order chi connectivity index (χ0) is 22.9. The van der Waals surface area contributed by atoms with Crippen LogP contribution in [0.4, 0.5) is 22.0 Å². The Bertz CT molecular complexity index is 773. The molecule has 1 nitrogen and oxygen atoms in total. The number of hydrogen-bond donors (Lipinski definition) is 0. The minimum atomic E-state index is -5.11.